The van der Waals surface area contributed by atoms with Crippen molar-refractivity contribution in [2.75, 3.05) is 79.2 Å². The number of aliphatic hydroxyl groups excluding tert-OH is 23. The largest absolute Gasteiger partial charge is 0.472 e. The van der Waals surface area contributed by atoms with Crippen LogP contribution < -0.4 is 17.2 Å². The van der Waals surface area contributed by atoms with Crippen LogP contribution in [0.1, 0.15) is 6.92 Å². The molecular formula is C56H101N3O48P2. The maximum Gasteiger partial charge on any atom is 0.472 e. The van der Waals surface area contributed by atoms with E-state index < -0.39 is 346 Å². The van der Waals surface area contributed by atoms with Crippen LogP contribution in [0.5, 0.6) is 0 Å². The Morgan fingerprint density at radius 1 is 0.321 bits per heavy atom. The number of phosphoric acid groups is 2. The maximum absolute atomic E-state index is 13.0. The molecule has 51 nitrogen and oxygen atoms in total. The molecule has 9 saturated heterocycles. The quantitative estimate of drug-likeness (QED) is 0.0278. The Morgan fingerprint density at radius 3 is 1.19 bits per heavy atom. The smallest absolute Gasteiger partial charge is 0.394 e. The van der Waals surface area contributed by atoms with Crippen molar-refractivity contribution in [2.24, 2.45) is 17.2 Å². The molecule has 53 heteroatoms. The zero-order valence-electron chi connectivity index (χ0n) is 57.5. The van der Waals surface area contributed by atoms with Gasteiger partial charge in [-0.15, -0.1) is 0 Å². The van der Waals surface area contributed by atoms with Crippen LogP contribution >= 0.6 is 15.6 Å². The Morgan fingerprint density at radius 2 is 0.679 bits per heavy atom. The summed E-state index contributed by atoms with van der Waals surface area (Å²) >= 11 is 0. The van der Waals surface area contributed by atoms with E-state index in [4.69, 9.17) is 116 Å². The summed E-state index contributed by atoms with van der Waals surface area (Å²) in [7, 11) is -10.1. The monoisotopic (exact) mass is 1650 g/mol. The van der Waals surface area contributed by atoms with E-state index in [9.17, 15) is 136 Å². The molecule has 109 heavy (non-hydrogen) atoms. The third kappa shape index (κ3) is 21.1. The lowest BCUT2D eigenvalue weighted by Crippen LogP contribution is -2.69. The van der Waals surface area contributed by atoms with Crippen LogP contribution in [-0.2, 0) is 108 Å². The van der Waals surface area contributed by atoms with Crippen LogP contribution in [-0.4, -0.2) is 470 Å². The molecule has 9 fully saturated rings. The van der Waals surface area contributed by atoms with E-state index in [1.165, 1.54) is 6.92 Å². The fourth-order valence-corrected chi connectivity index (χ4v) is 14.5. The molecule has 0 spiro atoms. The summed E-state index contributed by atoms with van der Waals surface area (Å²) in [5, 5.41) is 255. The third-order valence-electron chi connectivity index (χ3n) is 19.3. The molecule has 0 amide bonds. The molecule has 0 bridgehead atoms. The standard InChI is InChI=1S/C56H101N3O48P2/c1-14-24(64)32(72)37(77)51(93-14)106-46-41(81)55(98-18(9-63)43(46)103-50-36(76)27(67)19(10-88-50)99-49-35(75)28(68)20(11-87-49)100-52-38(78)33(73)25(65)15(6-60)95-52)107-47-34(74)26(66)16(7-61)97-56(47)105-45-30(70)21(12-91-108(83,84)89-4-2-57)101-54(40(45)80)104-44-29(69)17(8-62)96-53(39(44)79)102-42-22(94-48(82)23(59)31(42)71)13-92-109(85,86)90-5-3-58/h14-56,60-82H,2-13,57-59H2,1H3,(H,83,84)(H,85,86)/t14-,15+,16+,17+,18+,19+,20+,21+,22+,23+,24-,25+,26+,27-,28-,29+,30+,31+,32+,33-,34-,35+,36+,37+,38+,39-,40-,41-,42+,43+,44-,45-,46+,47-,48-,49-,50-,51-,52+,53+,54+,55+,56+/m0/s1. The van der Waals surface area contributed by atoms with Crippen LogP contribution in [0, 0.1) is 0 Å². The molecule has 0 saturated carbocycles. The second kappa shape index (κ2) is 39.8. The highest BCUT2D eigenvalue weighted by Gasteiger charge is 2.60. The van der Waals surface area contributed by atoms with Gasteiger partial charge in [0.05, 0.1) is 78.2 Å². The molecule has 0 aliphatic carbocycles. The minimum Gasteiger partial charge on any atom is -0.394 e. The molecule has 0 aromatic heterocycles. The Balaban J connectivity index is 0.951. The van der Waals surface area contributed by atoms with Gasteiger partial charge in [-0.1, -0.05) is 0 Å². The van der Waals surface area contributed by atoms with Crippen molar-refractivity contribution in [3.8, 4) is 0 Å². The van der Waals surface area contributed by atoms with Crippen LogP contribution in [0.25, 0.3) is 0 Å². The zero-order valence-corrected chi connectivity index (χ0v) is 59.3. The first kappa shape index (κ1) is 91.4. The highest BCUT2D eigenvalue weighted by atomic mass is 31.2. The van der Waals surface area contributed by atoms with Crippen molar-refractivity contribution >= 4 is 15.6 Å². The Bertz CT molecular complexity index is 2860. The Hall–Kier alpha value is -1.50. The SMILES string of the molecule is C[C@@H]1O[C@@H](O[C@@H]2[C@H](O)[C@@H](O[C@@H]3[C@@H](O[C@@H]4[C@H](O)[C@@H](O[C@@H]5[C@H](O)[C@@H](O[C@H]6[C@H](O)[C@@H](N)[C@@H](O)O[C@@H]6COP(=O)(O)OCCN)O[C@H](CO)[C@H]5O)O[C@H](COP(=O)(O)OCCN)[C@H]4O)O[C@H](CO)[C@@H](O)[C@@H]3O)O[C@H](CO)[C@H]2O[C@@H]2OC[C@@H](O[C@@H]3OC[C@@H](O[C@H]4O[C@H](CO)[C@@H](O)[C@H](O)[C@H]4O)[C@H](O)[C@H]3O)[C@H](O)[C@H]2O)[C@H](O)[C@H](O)[C@H]1O. The minimum atomic E-state index is -5.16. The average molecular weight is 1650 g/mol. The third-order valence-corrected chi connectivity index (χ3v) is 21.2. The molecule has 638 valence electrons. The fourth-order valence-electron chi connectivity index (χ4n) is 13.0. The highest BCUT2D eigenvalue weighted by molar-refractivity contribution is 7.47. The summed E-state index contributed by atoms with van der Waals surface area (Å²) in [5.74, 6) is 0. The summed E-state index contributed by atoms with van der Waals surface area (Å²) < 4.78 is 143. The predicted molar refractivity (Wildman–Crippen MR) is 333 cm³/mol. The van der Waals surface area contributed by atoms with Crippen LogP contribution in [0.2, 0.25) is 0 Å². The first-order valence-corrected chi connectivity index (χ1v) is 37.3. The second-order valence-electron chi connectivity index (χ2n) is 26.8. The molecule has 9 aliphatic heterocycles. The van der Waals surface area contributed by atoms with Crippen molar-refractivity contribution in [1.82, 2.24) is 0 Å². The van der Waals surface area contributed by atoms with Gasteiger partial charge in [-0.25, -0.2) is 9.13 Å². The van der Waals surface area contributed by atoms with Crippen molar-refractivity contribution in [3.05, 3.63) is 0 Å². The fraction of sp³-hybridized carbons (Fsp3) is 1.00. The van der Waals surface area contributed by atoms with Crippen molar-refractivity contribution in [1.29, 1.82) is 0 Å². The maximum atomic E-state index is 13.0. The van der Waals surface area contributed by atoms with E-state index in [1.54, 1.807) is 0 Å². The first-order chi connectivity index (χ1) is 51.4. The molecule has 45 atom stereocenters. The predicted octanol–water partition coefficient (Wildman–Crippen LogP) is -18.2. The number of phosphoric ester groups is 2. The second-order valence-corrected chi connectivity index (χ2v) is 29.7. The van der Waals surface area contributed by atoms with Crippen molar-refractivity contribution in [3.63, 3.8) is 0 Å². The molecule has 9 aliphatic rings. The van der Waals surface area contributed by atoms with E-state index in [1.807, 2.05) is 0 Å². The van der Waals surface area contributed by atoms with Gasteiger partial charge in [-0.2, -0.15) is 0 Å². The molecular weight excluding hydrogens is 1540 g/mol. The Kier molecular flexibility index (Phi) is 33.4. The molecule has 31 N–H and O–H groups in total. The lowest BCUT2D eigenvalue weighted by molar-refractivity contribution is -0.410. The van der Waals surface area contributed by atoms with Crippen LogP contribution in [0.4, 0.5) is 0 Å². The Labute approximate surface area is 616 Å². The molecule has 9 rings (SSSR count). The topological polar surface area (TPSA) is 812 Å². The molecule has 0 radical (unpaired) electrons. The van der Waals surface area contributed by atoms with E-state index in [0.29, 0.717) is 0 Å². The number of ether oxygens (including phenoxy) is 17. The van der Waals surface area contributed by atoms with Gasteiger partial charge >= 0.3 is 15.6 Å². The van der Waals surface area contributed by atoms with Gasteiger partial charge in [0.15, 0.2) is 56.6 Å². The van der Waals surface area contributed by atoms with E-state index in [-0.39, 0.29) is 13.1 Å². The minimum absolute atomic E-state index is 0.241. The van der Waals surface area contributed by atoms with Gasteiger partial charge in [0.25, 0.3) is 0 Å². The lowest BCUT2D eigenvalue weighted by atomic mass is 9.95. The normalized spacial score (nSPS) is 50.0. The summed E-state index contributed by atoms with van der Waals surface area (Å²) in [6, 6.07) is -1.72. The average Bonchev–Trinajstić information content (AvgIpc) is 0.763. The van der Waals surface area contributed by atoms with Crippen molar-refractivity contribution < 1.29 is 235 Å². The van der Waals surface area contributed by atoms with Gasteiger partial charge in [0.1, 0.15) is 195 Å². The van der Waals surface area contributed by atoms with Gasteiger partial charge in [-0.05, 0) is 6.92 Å². The van der Waals surface area contributed by atoms with Gasteiger partial charge in [0, 0.05) is 13.1 Å². The van der Waals surface area contributed by atoms with Crippen LogP contribution in [0.15, 0.2) is 0 Å². The molecule has 2 unspecified atom stereocenters. The van der Waals surface area contributed by atoms with Crippen LogP contribution in [0.3, 0.4) is 0 Å². The van der Waals surface area contributed by atoms with E-state index >= 15 is 0 Å². The lowest BCUT2D eigenvalue weighted by Gasteiger charge is -2.51. The summed E-state index contributed by atoms with van der Waals surface area (Å²) in [6.45, 7) is -8.55. The van der Waals surface area contributed by atoms with Crippen molar-refractivity contribution in [2.45, 2.75) is 271 Å². The molecule has 9 heterocycles. The number of hydrogen-bond donors (Lipinski definition) is 28. The van der Waals surface area contributed by atoms with Gasteiger partial charge in [-0.3, -0.25) is 18.1 Å². The number of hydrogen-bond acceptors (Lipinski definition) is 49. The molecule has 0 aromatic rings. The summed E-state index contributed by atoms with van der Waals surface area (Å²) in [4.78, 5) is 20.7. The number of nitrogens with two attached hydrogens (primary N) is 3. The van der Waals surface area contributed by atoms with E-state index in [2.05, 4.69) is 0 Å². The van der Waals surface area contributed by atoms with Gasteiger partial charge in [0.2, 0.25) is 0 Å². The number of rotatable bonds is 32. The highest BCUT2D eigenvalue weighted by Crippen LogP contribution is 2.46. The number of aliphatic hydroxyl groups is 23. The summed E-state index contributed by atoms with van der Waals surface area (Å²) in [6.07, 6.45) is -87.1. The molecule has 0 aromatic carbocycles. The summed E-state index contributed by atoms with van der Waals surface area (Å²) in [5.41, 5.74) is 16.7. The first-order valence-electron chi connectivity index (χ1n) is 34.3. The zero-order chi connectivity index (χ0) is 80.2. The van der Waals surface area contributed by atoms with Gasteiger partial charge < -0.3 is 225 Å². The van der Waals surface area contributed by atoms with E-state index in [0.717, 1.165) is 0 Å².